The van der Waals surface area contributed by atoms with Crippen LogP contribution in [0.4, 0.5) is 0 Å². The zero-order valence-electron chi connectivity index (χ0n) is 13.6. The van der Waals surface area contributed by atoms with Crippen molar-refractivity contribution in [1.29, 1.82) is 0 Å². The molecule has 0 fully saturated rings. The van der Waals surface area contributed by atoms with Crippen molar-refractivity contribution in [2.75, 3.05) is 0 Å². The molecule has 2 unspecified atom stereocenters. The summed E-state index contributed by atoms with van der Waals surface area (Å²) in [6.07, 6.45) is 9.34. The van der Waals surface area contributed by atoms with Gasteiger partial charge in [0.15, 0.2) is 0 Å². The lowest BCUT2D eigenvalue weighted by Gasteiger charge is -2.27. The van der Waals surface area contributed by atoms with Crippen LogP contribution in [0, 0.1) is 11.8 Å². The Hall–Kier alpha value is 0.137. The Morgan fingerprint density at radius 2 is 1.11 bits per heavy atom. The second-order valence-electron chi connectivity index (χ2n) is 6.22. The van der Waals surface area contributed by atoms with Gasteiger partial charge >= 0.3 is 8.56 Å². The van der Waals surface area contributed by atoms with E-state index in [-0.39, 0.29) is 0 Å². The number of unbranched alkanes of at least 4 members (excludes halogenated alkanes) is 2. The highest BCUT2D eigenvalue weighted by atomic mass is 28.4. The van der Waals surface area contributed by atoms with Crippen molar-refractivity contribution in [2.45, 2.75) is 91.1 Å². The van der Waals surface area contributed by atoms with Gasteiger partial charge in [0.1, 0.15) is 0 Å². The summed E-state index contributed by atoms with van der Waals surface area (Å²) in [5.74, 6) is 1.04. The highest BCUT2D eigenvalue weighted by Crippen LogP contribution is 2.29. The molecule has 0 heterocycles. The Morgan fingerprint density at radius 1 is 0.737 bits per heavy atom. The molecule has 2 nitrogen and oxygen atoms in total. The molecular formula is C16H36O2Si. The van der Waals surface area contributed by atoms with E-state index in [9.17, 15) is 9.59 Å². The summed E-state index contributed by atoms with van der Waals surface area (Å²) in [6.45, 7) is 8.76. The fourth-order valence-electron chi connectivity index (χ4n) is 2.89. The minimum atomic E-state index is -2.97. The van der Waals surface area contributed by atoms with Crippen LogP contribution >= 0.6 is 0 Å². The van der Waals surface area contributed by atoms with Crippen LogP contribution in [0.5, 0.6) is 0 Å². The second-order valence-corrected chi connectivity index (χ2v) is 9.01. The summed E-state index contributed by atoms with van der Waals surface area (Å²) in [4.78, 5) is 20.8. The summed E-state index contributed by atoms with van der Waals surface area (Å²) < 4.78 is 0. The molecular weight excluding hydrogens is 252 g/mol. The zero-order chi connectivity index (χ0) is 14.7. The van der Waals surface area contributed by atoms with Crippen molar-refractivity contribution >= 4 is 8.56 Å². The zero-order valence-corrected chi connectivity index (χ0v) is 14.6. The molecule has 0 aliphatic heterocycles. The first-order valence-electron chi connectivity index (χ1n) is 8.43. The van der Waals surface area contributed by atoms with Crippen LogP contribution in [0.3, 0.4) is 0 Å². The Morgan fingerprint density at radius 3 is 1.37 bits per heavy atom. The maximum atomic E-state index is 10.4. The van der Waals surface area contributed by atoms with Gasteiger partial charge in [0.05, 0.1) is 0 Å². The molecule has 2 N–H and O–H groups in total. The molecule has 3 heteroatoms. The first kappa shape index (κ1) is 19.1. The first-order chi connectivity index (χ1) is 8.99. The van der Waals surface area contributed by atoms with Crippen LogP contribution in [0.15, 0.2) is 0 Å². The van der Waals surface area contributed by atoms with E-state index in [1.807, 2.05) is 0 Å². The van der Waals surface area contributed by atoms with E-state index in [0.29, 0.717) is 23.9 Å². The maximum absolute atomic E-state index is 10.4. The molecule has 0 aromatic carbocycles. The second kappa shape index (κ2) is 10.9. The minimum Gasteiger partial charge on any atom is -0.411 e. The fourth-order valence-corrected chi connectivity index (χ4v) is 5.90. The molecule has 0 spiro atoms. The third-order valence-corrected chi connectivity index (χ3v) is 6.78. The van der Waals surface area contributed by atoms with E-state index in [2.05, 4.69) is 27.7 Å². The lowest BCUT2D eigenvalue weighted by molar-refractivity contribution is 0.311. The van der Waals surface area contributed by atoms with Gasteiger partial charge in [-0.25, -0.2) is 0 Å². The summed E-state index contributed by atoms with van der Waals surface area (Å²) in [6, 6.07) is 1.37. The van der Waals surface area contributed by atoms with Gasteiger partial charge in [-0.05, 0) is 23.9 Å². The van der Waals surface area contributed by atoms with Crippen LogP contribution < -0.4 is 0 Å². The molecule has 0 radical (unpaired) electrons. The lowest BCUT2D eigenvalue weighted by atomic mass is 10.0. The van der Waals surface area contributed by atoms with Crippen molar-refractivity contribution in [2.24, 2.45) is 11.8 Å². The SMILES string of the molecule is CCCCC(CC)C[Si](O)(O)CC(CC)CCCC. The molecule has 0 bridgehead atoms. The number of hydrogen-bond acceptors (Lipinski definition) is 2. The summed E-state index contributed by atoms with van der Waals surface area (Å²) in [7, 11) is -2.97. The van der Waals surface area contributed by atoms with E-state index in [1.165, 1.54) is 25.7 Å². The summed E-state index contributed by atoms with van der Waals surface area (Å²) in [5, 5.41) is 0. The minimum absolute atomic E-state index is 0.519. The van der Waals surface area contributed by atoms with Crippen LogP contribution in [-0.2, 0) is 0 Å². The molecule has 116 valence electrons. The third kappa shape index (κ3) is 9.64. The van der Waals surface area contributed by atoms with Gasteiger partial charge in [-0.15, -0.1) is 0 Å². The van der Waals surface area contributed by atoms with Crippen molar-refractivity contribution in [3.8, 4) is 0 Å². The van der Waals surface area contributed by atoms with Gasteiger partial charge in [-0.3, -0.25) is 0 Å². The monoisotopic (exact) mass is 288 g/mol. The molecule has 0 rings (SSSR count). The lowest BCUT2D eigenvalue weighted by Crippen LogP contribution is -2.38. The molecule has 19 heavy (non-hydrogen) atoms. The van der Waals surface area contributed by atoms with E-state index in [0.717, 1.165) is 25.7 Å². The molecule has 0 saturated carbocycles. The maximum Gasteiger partial charge on any atom is 0.333 e. The average Bonchev–Trinajstić information content (AvgIpc) is 2.39. The van der Waals surface area contributed by atoms with Gasteiger partial charge in [-0.2, -0.15) is 0 Å². The summed E-state index contributed by atoms with van der Waals surface area (Å²) >= 11 is 0. The fraction of sp³-hybridized carbons (Fsp3) is 1.00. The largest absolute Gasteiger partial charge is 0.411 e. The van der Waals surface area contributed by atoms with Crippen molar-refractivity contribution in [3.05, 3.63) is 0 Å². The van der Waals surface area contributed by atoms with Gasteiger partial charge < -0.3 is 9.59 Å². The molecule has 2 atom stereocenters. The topological polar surface area (TPSA) is 40.5 Å². The molecule has 0 saturated heterocycles. The quantitative estimate of drug-likeness (QED) is 0.504. The van der Waals surface area contributed by atoms with Crippen LogP contribution in [-0.4, -0.2) is 18.2 Å². The van der Waals surface area contributed by atoms with Crippen LogP contribution in [0.25, 0.3) is 0 Å². The third-order valence-electron chi connectivity index (χ3n) is 4.32. The smallest absolute Gasteiger partial charge is 0.333 e. The van der Waals surface area contributed by atoms with Crippen LogP contribution in [0.2, 0.25) is 12.1 Å². The highest BCUT2D eigenvalue weighted by Gasteiger charge is 2.34. The predicted octanol–water partition coefficient (Wildman–Crippen LogP) is 4.85. The van der Waals surface area contributed by atoms with Crippen LogP contribution in [0.1, 0.15) is 79.1 Å². The van der Waals surface area contributed by atoms with E-state index in [4.69, 9.17) is 0 Å². The van der Waals surface area contributed by atoms with Crippen molar-refractivity contribution in [1.82, 2.24) is 0 Å². The normalized spacial score (nSPS) is 15.5. The Labute approximate surface area is 121 Å². The van der Waals surface area contributed by atoms with E-state index in [1.54, 1.807) is 0 Å². The molecule has 0 aliphatic rings. The molecule has 0 aromatic rings. The highest BCUT2D eigenvalue weighted by molar-refractivity contribution is 6.64. The predicted molar refractivity (Wildman–Crippen MR) is 86.4 cm³/mol. The number of rotatable bonds is 12. The van der Waals surface area contributed by atoms with Gasteiger partial charge in [-0.1, -0.05) is 79.1 Å². The Kier molecular flexibility index (Phi) is 10.9. The standard InChI is InChI=1S/C16H36O2Si/c1-5-9-11-15(7-3)13-19(17,18)14-16(8-4)12-10-6-2/h15-18H,5-14H2,1-4H3. The number of hydrogen-bond donors (Lipinski definition) is 2. The Balaban J connectivity index is 4.24. The van der Waals surface area contributed by atoms with E-state index < -0.39 is 8.56 Å². The molecule has 0 amide bonds. The molecule has 0 aromatic heterocycles. The molecule has 0 aliphatic carbocycles. The van der Waals surface area contributed by atoms with Gasteiger partial charge in [0.25, 0.3) is 0 Å². The van der Waals surface area contributed by atoms with Gasteiger partial charge in [0.2, 0.25) is 0 Å². The van der Waals surface area contributed by atoms with E-state index >= 15 is 0 Å². The van der Waals surface area contributed by atoms with Crippen molar-refractivity contribution in [3.63, 3.8) is 0 Å². The Bertz CT molecular complexity index is 187. The summed E-state index contributed by atoms with van der Waals surface area (Å²) in [5.41, 5.74) is 0. The first-order valence-corrected chi connectivity index (χ1v) is 10.7. The average molecular weight is 289 g/mol. The van der Waals surface area contributed by atoms with Gasteiger partial charge in [0, 0.05) is 0 Å². The van der Waals surface area contributed by atoms with Crippen molar-refractivity contribution < 1.29 is 9.59 Å².